The standard InChI is InChI=1S/C20H24N2O3/c1-3-15(2)18(19(23)21-17-12-8-5-9-13-17)22-20(24)25-14-16-10-6-4-7-11-16/h4-13,15,18H,3,14H2,1-2H3,(H,21,23)(H,22,24)/t15-,18-/m0/s1. The average Bonchev–Trinajstić information content (AvgIpc) is 2.65. The molecule has 2 rings (SSSR count). The maximum Gasteiger partial charge on any atom is 0.408 e. The predicted molar refractivity (Wildman–Crippen MR) is 98.1 cm³/mol. The van der Waals surface area contributed by atoms with Gasteiger partial charge in [-0.3, -0.25) is 4.79 Å². The first kappa shape index (κ1) is 18.5. The summed E-state index contributed by atoms with van der Waals surface area (Å²) >= 11 is 0. The van der Waals surface area contributed by atoms with Crippen LogP contribution in [0, 0.1) is 5.92 Å². The number of rotatable bonds is 7. The quantitative estimate of drug-likeness (QED) is 0.801. The molecule has 2 amide bonds. The fourth-order valence-electron chi connectivity index (χ4n) is 2.34. The van der Waals surface area contributed by atoms with E-state index >= 15 is 0 Å². The monoisotopic (exact) mass is 340 g/mol. The van der Waals surface area contributed by atoms with Gasteiger partial charge in [-0.2, -0.15) is 0 Å². The highest BCUT2D eigenvalue weighted by atomic mass is 16.5. The van der Waals surface area contributed by atoms with E-state index < -0.39 is 12.1 Å². The highest BCUT2D eigenvalue weighted by Gasteiger charge is 2.26. The molecule has 0 aliphatic carbocycles. The number of anilines is 1. The van der Waals surface area contributed by atoms with Gasteiger partial charge in [-0.05, 0) is 23.6 Å². The van der Waals surface area contributed by atoms with E-state index in [9.17, 15) is 9.59 Å². The largest absolute Gasteiger partial charge is 0.445 e. The van der Waals surface area contributed by atoms with Crippen LogP contribution < -0.4 is 10.6 Å². The third kappa shape index (κ3) is 5.95. The van der Waals surface area contributed by atoms with E-state index in [0.717, 1.165) is 12.0 Å². The van der Waals surface area contributed by atoms with Gasteiger partial charge in [-0.15, -0.1) is 0 Å². The Bertz CT molecular complexity index is 674. The van der Waals surface area contributed by atoms with Crippen LogP contribution in [0.1, 0.15) is 25.8 Å². The maximum absolute atomic E-state index is 12.5. The van der Waals surface area contributed by atoms with Gasteiger partial charge in [0.2, 0.25) is 5.91 Å². The smallest absolute Gasteiger partial charge is 0.408 e. The van der Waals surface area contributed by atoms with Crippen molar-refractivity contribution in [3.8, 4) is 0 Å². The van der Waals surface area contributed by atoms with Crippen LogP contribution in [0.3, 0.4) is 0 Å². The fraction of sp³-hybridized carbons (Fsp3) is 0.300. The van der Waals surface area contributed by atoms with Crippen molar-refractivity contribution in [2.24, 2.45) is 5.92 Å². The Morgan fingerprint density at radius 3 is 2.20 bits per heavy atom. The van der Waals surface area contributed by atoms with Crippen molar-refractivity contribution in [2.75, 3.05) is 5.32 Å². The minimum atomic E-state index is -0.659. The second-order valence-corrected chi connectivity index (χ2v) is 5.92. The van der Waals surface area contributed by atoms with E-state index in [2.05, 4.69) is 10.6 Å². The highest BCUT2D eigenvalue weighted by molar-refractivity contribution is 5.96. The molecule has 0 heterocycles. The van der Waals surface area contributed by atoms with E-state index in [-0.39, 0.29) is 18.4 Å². The Morgan fingerprint density at radius 1 is 1.00 bits per heavy atom. The Morgan fingerprint density at radius 2 is 1.60 bits per heavy atom. The summed E-state index contributed by atoms with van der Waals surface area (Å²) < 4.78 is 5.22. The first-order valence-corrected chi connectivity index (χ1v) is 8.43. The number of nitrogens with one attached hydrogen (secondary N) is 2. The van der Waals surface area contributed by atoms with E-state index in [4.69, 9.17) is 4.74 Å². The van der Waals surface area contributed by atoms with Gasteiger partial charge in [-0.1, -0.05) is 68.8 Å². The number of ether oxygens (including phenoxy) is 1. The fourth-order valence-corrected chi connectivity index (χ4v) is 2.34. The summed E-state index contributed by atoms with van der Waals surface area (Å²) in [5.41, 5.74) is 1.59. The second kappa shape index (κ2) is 9.47. The van der Waals surface area contributed by atoms with Crippen molar-refractivity contribution in [3.63, 3.8) is 0 Å². The Kier molecular flexibility index (Phi) is 7.01. The van der Waals surface area contributed by atoms with Crippen LogP contribution in [0.4, 0.5) is 10.5 Å². The number of amides is 2. The van der Waals surface area contributed by atoms with Gasteiger partial charge < -0.3 is 15.4 Å². The Balaban J connectivity index is 1.94. The lowest BCUT2D eigenvalue weighted by Crippen LogP contribution is -2.47. The lowest BCUT2D eigenvalue weighted by molar-refractivity contribution is -0.119. The Labute approximate surface area is 148 Å². The van der Waals surface area contributed by atoms with Gasteiger partial charge in [0.25, 0.3) is 0 Å². The van der Waals surface area contributed by atoms with Crippen LogP contribution in [0.2, 0.25) is 0 Å². The molecular weight excluding hydrogens is 316 g/mol. The van der Waals surface area contributed by atoms with E-state index in [1.54, 1.807) is 12.1 Å². The molecule has 25 heavy (non-hydrogen) atoms. The van der Waals surface area contributed by atoms with Crippen molar-refractivity contribution < 1.29 is 14.3 Å². The zero-order chi connectivity index (χ0) is 18.1. The van der Waals surface area contributed by atoms with E-state index in [0.29, 0.717) is 5.69 Å². The molecule has 0 fully saturated rings. The molecule has 0 radical (unpaired) electrons. The second-order valence-electron chi connectivity index (χ2n) is 5.92. The summed E-state index contributed by atoms with van der Waals surface area (Å²) in [5.74, 6) is -0.273. The summed E-state index contributed by atoms with van der Waals surface area (Å²) in [5, 5.41) is 5.51. The Hall–Kier alpha value is -2.82. The third-order valence-corrected chi connectivity index (χ3v) is 4.02. The van der Waals surface area contributed by atoms with Crippen LogP contribution in [0.15, 0.2) is 60.7 Å². The lowest BCUT2D eigenvalue weighted by Gasteiger charge is -2.23. The lowest BCUT2D eigenvalue weighted by atomic mass is 9.98. The van der Waals surface area contributed by atoms with Gasteiger partial charge in [-0.25, -0.2) is 4.79 Å². The zero-order valence-electron chi connectivity index (χ0n) is 14.6. The van der Waals surface area contributed by atoms with Crippen LogP contribution in [-0.2, 0) is 16.1 Å². The number of carbonyl (C=O) groups excluding carboxylic acids is 2. The molecule has 2 atom stereocenters. The summed E-state index contributed by atoms with van der Waals surface area (Å²) in [6, 6.07) is 17.9. The molecule has 0 aliphatic rings. The number of alkyl carbamates (subject to hydrolysis) is 1. The third-order valence-electron chi connectivity index (χ3n) is 4.02. The number of para-hydroxylation sites is 1. The summed E-state index contributed by atoms with van der Waals surface area (Å²) in [6.45, 7) is 4.07. The van der Waals surface area contributed by atoms with Gasteiger partial charge in [0.1, 0.15) is 12.6 Å². The predicted octanol–water partition coefficient (Wildman–Crippen LogP) is 3.97. The van der Waals surface area contributed by atoms with Crippen molar-refractivity contribution in [1.29, 1.82) is 0 Å². The molecule has 0 bridgehead atoms. The number of hydrogen-bond acceptors (Lipinski definition) is 3. The van der Waals surface area contributed by atoms with Gasteiger partial charge >= 0.3 is 6.09 Å². The molecule has 2 N–H and O–H groups in total. The van der Waals surface area contributed by atoms with Crippen LogP contribution in [0.25, 0.3) is 0 Å². The minimum Gasteiger partial charge on any atom is -0.445 e. The van der Waals surface area contributed by atoms with Crippen LogP contribution in [-0.4, -0.2) is 18.0 Å². The van der Waals surface area contributed by atoms with Gasteiger partial charge in [0, 0.05) is 5.69 Å². The molecule has 5 nitrogen and oxygen atoms in total. The summed E-state index contributed by atoms with van der Waals surface area (Å²) in [4.78, 5) is 24.6. The van der Waals surface area contributed by atoms with Crippen LogP contribution >= 0.6 is 0 Å². The molecule has 0 saturated heterocycles. The first-order chi connectivity index (χ1) is 12.1. The average molecular weight is 340 g/mol. The van der Waals surface area contributed by atoms with Crippen molar-refractivity contribution in [3.05, 3.63) is 66.2 Å². The molecular formula is C20H24N2O3. The normalized spacial score (nSPS) is 12.7. The van der Waals surface area contributed by atoms with Crippen molar-refractivity contribution in [2.45, 2.75) is 32.9 Å². The van der Waals surface area contributed by atoms with Crippen LogP contribution in [0.5, 0.6) is 0 Å². The molecule has 0 unspecified atom stereocenters. The van der Waals surface area contributed by atoms with Gasteiger partial charge in [0.15, 0.2) is 0 Å². The van der Waals surface area contributed by atoms with Crippen molar-refractivity contribution in [1.82, 2.24) is 5.32 Å². The molecule has 0 aromatic heterocycles. The summed E-state index contributed by atoms with van der Waals surface area (Å²) in [7, 11) is 0. The maximum atomic E-state index is 12.5. The number of hydrogen-bond donors (Lipinski definition) is 2. The molecule has 2 aromatic rings. The summed E-state index contributed by atoms with van der Waals surface area (Å²) in [6.07, 6.45) is 0.156. The molecule has 2 aromatic carbocycles. The zero-order valence-corrected chi connectivity index (χ0v) is 14.6. The van der Waals surface area contributed by atoms with E-state index in [1.807, 2.05) is 62.4 Å². The van der Waals surface area contributed by atoms with E-state index in [1.165, 1.54) is 0 Å². The SMILES string of the molecule is CC[C@H](C)[C@H](NC(=O)OCc1ccccc1)C(=O)Nc1ccccc1. The molecule has 5 heteroatoms. The highest BCUT2D eigenvalue weighted by Crippen LogP contribution is 2.12. The van der Waals surface area contributed by atoms with Crippen molar-refractivity contribution >= 4 is 17.7 Å². The van der Waals surface area contributed by atoms with Gasteiger partial charge in [0.05, 0.1) is 0 Å². The molecule has 0 aliphatic heterocycles. The minimum absolute atomic E-state index is 0.0204. The molecule has 0 saturated carbocycles. The number of benzene rings is 2. The first-order valence-electron chi connectivity index (χ1n) is 8.43. The molecule has 132 valence electrons. The molecule has 0 spiro atoms. The number of carbonyl (C=O) groups is 2. The topological polar surface area (TPSA) is 67.4 Å².